The van der Waals surface area contributed by atoms with Crippen LogP contribution in [0.5, 0.6) is 0 Å². The number of ether oxygens (including phenoxy) is 1. The summed E-state index contributed by atoms with van der Waals surface area (Å²) < 4.78 is 32.0. The standard InChI is InChI=1S/C18H25F2NO3/c1-5-24-17(23)16(22)15-8-12(10-21(15)18(2,3)4)11-6-13(19)9-14(20)7-11/h6-7,9,12,15-16,22H,5,8,10H2,1-4H3/t12-,15?,16?/m1/s1. The maximum Gasteiger partial charge on any atom is 0.336 e. The van der Waals surface area contributed by atoms with E-state index in [0.29, 0.717) is 18.5 Å². The van der Waals surface area contributed by atoms with Gasteiger partial charge in [-0.15, -0.1) is 0 Å². The minimum Gasteiger partial charge on any atom is -0.464 e. The molecule has 1 N–H and O–H groups in total. The number of esters is 1. The van der Waals surface area contributed by atoms with Crippen LogP contribution in [-0.2, 0) is 9.53 Å². The molecule has 1 aromatic rings. The van der Waals surface area contributed by atoms with E-state index in [2.05, 4.69) is 0 Å². The zero-order valence-corrected chi connectivity index (χ0v) is 14.6. The maximum atomic E-state index is 13.5. The summed E-state index contributed by atoms with van der Waals surface area (Å²) in [5.41, 5.74) is 0.235. The maximum absolute atomic E-state index is 13.5. The van der Waals surface area contributed by atoms with Crippen LogP contribution < -0.4 is 0 Å². The lowest BCUT2D eigenvalue weighted by atomic mass is 9.94. The Labute approximate surface area is 141 Å². The number of likely N-dealkylation sites (tertiary alicyclic amines) is 1. The van der Waals surface area contributed by atoms with Crippen molar-refractivity contribution >= 4 is 5.97 Å². The Morgan fingerprint density at radius 1 is 1.33 bits per heavy atom. The molecule has 2 unspecified atom stereocenters. The smallest absolute Gasteiger partial charge is 0.336 e. The first-order chi connectivity index (χ1) is 11.1. The van der Waals surface area contributed by atoms with E-state index in [4.69, 9.17) is 4.74 Å². The van der Waals surface area contributed by atoms with Crippen molar-refractivity contribution in [2.75, 3.05) is 13.2 Å². The summed E-state index contributed by atoms with van der Waals surface area (Å²) in [6.45, 7) is 8.31. The van der Waals surface area contributed by atoms with Crippen LogP contribution in [0, 0.1) is 11.6 Å². The molecule has 2 rings (SSSR count). The predicted octanol–water partition coefficient (Wildman–Crippen LogP) is 2.85. The molecule has 0 aromatic heterocycles. The van der Waals surface area contributed by atoms with E-state index < -0.39 is 29.7 Å². The van der Waals surface area contributed by atoms with Crippen LogP contribution in [0.3, 0.4) is 0 Å². The molecule has 0 spiro atoms. The number of hydrogen-bond acceptors (Lipinski definition) is 4. The minimum atomic E-state index is -1.28. The van der Waals surface area contributed by atoms with Gasteiger partial charge in [-0.2, -0.15) is 0 Å². The molecule has 1 aliphatic heterocycles. The van der Waals surface area contributed by atoms with E-state index in [-0.39, 0.29) is 18.1 Å². The minimum absolute atomic E-state index is 0.163. The molecular formula is C18H25F2NO3. The fourth-order valence-corrected chi connectivity index (χ4v) is 3.37. The van der Waals surface area contributed by atoms with Gasteiger partial charge in [0, 0.05) is 24.2 Å². The topological polar surface area (TPSA) is 49.8 Å². The van der Waals surface area contributed by atoms with Gasteiger partial charge in [0.05, 0.1) is 6.61 Å². The summed E-state index contributed by atoms with van der Waals surface area (Å²) in [4.78, 5) is 13.9. The predicted molar refractivity (Wildman–Crippen MR) is 86.6 cm³/mol. The van der Waals surface area contributed by atoms with Gasteiger partial charge in [0.25, 0.3) is 0 Å². The van der Waals surface area contributed by atoms with Crippen LogP contribution in [0.25, 0.3) is 0 Å². The Balaban J connectivity index is 2.28. The molecule has 0 bridgehead atoms. The highest BCUT2D eigenvalue weighted by Crippen LogP contribution is 2.38. The second kappa shape index (κ2) is 7.15. The normalized spacial score (nSPS) is 23.3. The summed E-state index contributed by atoms with van der Waals surface area (Å²) >= 11 is 0. The van der Waals surface area contributed by atoms with E-state index in [9.17, 15) is 18.7 Å². The third-order valence-corrected chi connectivity index (χ3v) is 4.45. The van der Waals surface area contributed by atoms with Crippen molar-refractivity contribution in [3.63, 3.8) is 0 Å². The van der Waals surface area contributed by atoms with Crippen LogP contribution in [-0.4, -0.2) is 46.8 Å². The summed E-state index contributed by atoms with van der Waals surface area (Å²) in [6, 6.07) is 3.01. The first kappa shape index (κ1) is 18.8. The fourth-order valence-electron chi connectivity index (χ4n) is 3.37. The summed E-state index contributed by atoms with van der Waals surface area (Å²) in [6.07, 6.45) is -0.854. The van der Waals surface area contributed by atoms with Crippen LogP contribution in [0.1, 0.15) is 45.6 Å². The number of carbonyl (C=O) groups excluding carboxylic acids is 1. The van der Waals surface area contributed by atoms with Crippen molar-refractivity contribution in [1.82, 2.24) is 4.90 Å². The van der Waals surface area contributed by atoms with Crippen molar-refractivity contribution in [2.24, 2.45) is 0 Å². The fraction of sp³-hybridized carbons (Fsp3) is 0.611. The molecule has 0 saturated carbocycles. The average Bonchev–Trinajstić information content (AvgIpc) is 2.91. The van der Waals surface area contributed by atoms with Crippen LogP contribution in [0.2, 0.25) is 0 Å². The van der Waals surface area contributed by atoms with Crippen molar-refractivity contribution in [2.45, 2.75) is 57.7 Å². The first-order valence-electron chi connectivity index (χ1n) is 8.21. The summed E-state index contributed by atoms with van der Waals surface area (Å²) in [5.74, 6) is -2.07. The molecule has 1 heterocycles. The van der Waals surface area contributed by atoms with Crippen molar-refractivity contribution < 1.29 is 23.4 Å². The number of hydrogen-bond donors (Lipinski definition) is 1. The molecule has 24 heavy (non-hydrogen) atoms. The van der Waals surface area contributed by atoms with Gasteiger partial charge >= 0.3 is 5.97 Å². The zero-order valence-electron chi connectivity index (χ0n) is 14.6. The lowest BCUT2D eigenvalue weighted by Crippen LogP contribution is -2.51. The quantitative estimate of drug-likeness (QED) is 0.856. The lowest BCUT2D eigenvalue weighted by Gasteiger charge is -2.38. The van der Waals surface area contributed by atoms with E-state index in [1.54, 1.807) is 6.92 Å². The van der Waals surface area contributed by atoms with Crippen molar-refractivity contribution in [1.29, 1.82) is 0 Å². The van der Waals surface area contributed by atoms with Gasteiger partial charge in [0.15, 0.2) is 6.10 Å². The number of aliphatic hydroxyl groups excluding tert-OH is 1. The number of benzene rings is 1. The second-order valence-electron chi connectivity index (χ2n) is 7.22. The molecule has 1 aliphatic rings. The number of carbonyl (C=O) groups is 1. The Hall–Kier alpha value is -1.53. The molecular weight excluding hydrogens is 316 g/mol. The van der Waals surface area contributed by atoms with E-state index in [0.717, 1.165) is 6.07 Å². The van der Waals surface area contributed by atoms with E-state index in [1.165, 1.54) is 12.1 Å². The molecule has 1 saturated heterocycles. The van der Waals surface area contributed by atoms with Gasteiger partial charge in [-0.3, -0.25) is 4.90 Å². The molecule has 134 valence electrons. The molecule has 0 radical (unpaired) electrons. The van der Waals surface area contributed by atoms with Crippen LogP contribution in [0.15, 0.2) is 18.2 Å². The Kier molecular flexibility index (Phi) is 5.60. The number of aliphatic hydroxyl groups is 1. The summed E-state index contributed by atoms with van der Waals surface area (Å²) in [7, 11) is 0. The Morgan fingerprint density at radius 3 is 2.42 bits per heavy atom. The van der Waals surface area contributed by atoms with Gasteiger partial charge in [-0.05, 0) is 57.7 Å². The average molecular weight is 341 g/mol. The van der Waals surface area contributed by atoms with Gasteiger partial charge in [-0.1, -0.05) is 0 Å². The SMILES string of the molecule is CCOC(=O)C(O)C1C[C@@H](c2cc(F)cc(F)c2)CN1C(C)(C)C. The van der Waals surface area contributed by atoms with Gasteiger partial charge < -0.3 is 9.84 Å². The molecule has 1 fully saturated rings. The van der Waals surface area contributed by atoms with Crippen LogP contribution in [0.4, 0.5) is 8.78 Å². The van der Waals surface area contributed by atoms with Gasteiger partial charge in [-0.25, -0.2) is 13.6 Å². The largest absolute Gasteiger partial charge is 0.464 e. The Morgan fingerprint density at radius 2 is 1.92 bits per heavy atom. The number of nitrogens with zero attached hydrogens (tertiary/aromatic N) is 1. The highest BCUT2D eigenvalue weighted by molar-refractivity contribution is 5.75. The molecule has 6 heteroatoms. The second-order valence-corrected chi connectivity index (χ2v) is 7.22. The number of halogens is 2. The highest BCUT2D eigenvalue weighted by Gasteiger charge is 2.44. The molecule has 1 aromatic carbocycles. The molecule has 0 amide bonds. The third kappa shape index (κ3) is 4.11. The van der Waals surface area contributed by atoms with E-state index in [1.807, 2.05) is 25.7 Å². The third-order valence-electron chi connectivity index (χ3n) is 4.45. The highest BCUT2D eigenvalue weighted by atomic mass is 19.1. The van der Waals surface area contributed by atoms with Crippen molar-refractivity contribution in [3.05, 3.63) is 35.4 Å². The Bertz CT molecular complexity index is 580. The number of rotatable bonds is 4. The van der Waals surface area contributed by atoms with Crippen LogP contribution >= 0.6 is 0 Å². The van der Waals surface area contributed by atoms with Gasteiger partial charge in [0.1, 0.15) is 11.6 Å². The molecule has 0 aliphatic carbocycles. The molecule has 4 nitrogen and oxygen atoms in total. The van der Waals surface area contributed by atoms with Gasteiger partial charge in [0.2, 0.25) is 0 Å². The molecule has 3 atom stereocenters. The first-order valence-corrected chi connectivity index (χ1v) is 8.21. The zero-order chi connectivity index (χ0) is 18.1. The van der Waals surface area contributed by atoms with Crippen molar-refractivity contribution in [3.8, 4) is 0 Å². The van der Waals surface area contributed by atoms with E-state index >= 15 is 0 Å². The monoisotopic (exact) mass is 341 g/mol. The lowest BCUT2D eigenvalue weighted by molar-refractivity contribution is -0.157. The summed E-state index contributed by atoms with van der Waals surface area (Å²) in [5, 5.41) is 10.4.